The second kappa shape index (κ2) is 3.87. The zero-order valence-electron chi connectivity index (χ0n) is 9.74. The van der Waals surface area contributed by atoms with Gasteiger partial charge in [0.15, 0.2) is 11.5 Å². The quantitative estimate of drug-likeness (QED) is 0.830. The normalized spacial score (nSPS) is 14.8. The van der Waals surface area contributed by atoms with Crippen LogP contribution in [0.5, 0.6) is 17.2 Å². The lowest BCUT2D eigenvalue weighted by molar-refractivity contribution is 0.0739. The van der Waals surface area contributed by atoms with E-state index in [1.807, 2.05) is 0 Å². The molecule has 1 aliphatic heterocycles. The van der Waals surface area contributed by atoms with Gasteiger partial charge in [-0.15, -0.1) is 0 Å². The molecule has 0 saturated carbocycles. The fourth-order valence-corrected chi connectivity index (χ4v) is 1.77. The van der Waals surface area contributed by atoms with E-state index in [9.17, 15) is 5.11 Å². The Bertz CT molecular complexity index is 393. The average molecular weight is 224 g/mol. The van der Waals surface area contributed by atoms with E-state index in [-0.39, 0.29) is 0 Å². The largest absolute Gasteiger partial charge is 0.492 e. The monoisotopic (exact) mass is 224 g/mol. The van der Waals surface area contributed by atoms with Gasteiger partial charge in [-0.05, 0) is 26.0 Å². The molecule has 0 fully saturated rings. The molecule has 2 rings (SSSR count). The third-order valence-electron chi connectivity index (χ3n) is 2.53. The Kier molecular flexibility index (Phi) is 2.68. The summed E-state index contributed by atoms with van der Waals surface area (Å²) in [4.78, 5) is 0. The van der Waals surface area contributed by atoms with Crippen LogP contribution < -0.4 is 14.2 Å². The molecule has 1 aromatic carbocycles. The van der Waals surface area contributed by atoms with Crippen LogP contribution in [0.2, 0.25) is 0 Å². The molecule has 0 radical (unpaired) electrons. The fourth-order valence-electron chi connectivity index (χ4n) is 1.77. The van der Waals surface area contributed by atoms with Gasteiger partial charge in [-0.25, -0.2) is 0 Å². The lowest BCUT2D eigenvalue weighted by atomic mass is 9.96. The number of benzene rings is 1. The number of fused-ring (bicyclic) bond motifs is 1. The first kappa shape index (κ1) is 11.1. The predicted molar refractivity (Wildman–Crippen MR) is 59.2 cm³/mol. The minimum atomic E-state index is -0.971. The molecule has 0 aromatic heterocycles. The maximum atomic E-state index is 10.0. The lowest BCUT2D eigenvalue weighted by Gasteiger charge is -2.26. The van der Waals surface area contributed by atoms with E-state index < -0.39 is 5.60 Å². The minimum absolute atomic E-state index is 0.499. The molecular formula is C12H16O4. The van der Waals surface area contributed by atoms with Crippen molar-refractivity contribution >= 4 is 0 Å². The van der Waals surface area contributed by atoms with Crippen LogP contribution in [-0.4, -0.2) is 25.4 Å². The Labute approximate surface area is 94.8 Å². The highest BCUT2D eigenvalue weighted by Gasteiger charge is 2.27. The Morgan fingerprint density at radius 3 is 2.56 bits per heavy atom. The molecule has 0 atom stereocenters. The molecule has 0 aliphatic carbocycles. The smallest absolute Gasteiger partial charge is 0.204 e. The first-order valence-corrected chi connectivity index (χ1v) is 5.23. The second-order valence-corrected chi connectivity index (χ2v) is 4.23. The summed E-state index contributed by atoms with van der Waals surface area (Å²) in [6, 6.07) is 3.59. The van der Waals surface area contributed by atoms with Gasteiger partial charge >= 0.3 is 0 Å². The molecular weight excluding hydrogens is 208 g/mol. The summed E-state index contributed by atoms with van der Waals surface area (Å²) in [7, 11) is 1.56. The Morgan fingerprint density at radius 1 is 1.25 bits per heavy atom. The van der Waals surface area contributed by atoms with Crippen LogP contribution in [0.25, 0.3) is 0 Å². The summed E-state index contributed by atoms with van der Waals surface area (Å²) in [6.07, 6.45) is 0. The van der Waals surface area contributed by atoms with Gasteiger partial charge in [0.05, 0.1) is 12.7 Å². The first-order chi connectivity index (χ1) is 7.54. The third kappa shape index (κ3) is 1.80. The standard InChI is InChI=1S/C12H16O4/c1-12(2,13)8-4-5-9-11(10(8)14-3)16-7-6-15-9/h4-5,13H,6-7H2,1-3H3. The molecule has 4 heteroatoms. The summed E-state index contributed by atoms with van der Waals surface area (Å²) < 4.78 is 16.3. The summed E-state index contributed by atoms with van der Waals surface area (Å²) in [5.74, 6) is 1.79. The molecule has 16 heavy (non-hydrogen) atoms. The Hall–Kier alpha value is -1.42. The maximum Gasteiger partial charge on any atom is 0.204 e. The van der Waals surface area contributed by atoms with Gasteiger partial charge in [0.2, 0.25) is 5.75 Å². The van der Waals surface area contributed by atoms with E-state index in [1.54, 1.807) is 33.1 Å². The molecule has 1 aromatic rings. The van der Waals surface area contributed by atoms with Crippen molar-refractivity contribution in [3.05, 3.63) is 17.7 Å². The predicted octanol–water partition coefficient (Wildman–Crippen LogP) is 1.69. The molecule has 1 aliphatic rings. The van der Waals surface area contributed by atoms with Crippen molar-refractivity contribution < 1.29 is 19.3 Å². The molecule has 1 N–H and O–H groups in total. The minimum Gasteiger partial charge on any atom is -0.492 e. The van der Waals surface area contributed by atoms with Crippen molar-refractivity contribution in [3.8, 4) is 17.2 Å². The first-order valence-electron chi connectivity index (χ1n) is 5.23. The third-order valence-corrected chi connectivity index (χ3v) is 2.53. The van der Waals surface area contributed by atoms with E-state index in [1.165, 1.54) is 0 Å². The van der Waals surface area contributed by atoms with Crippen LogP contribution >= 0.6 is 0 Å². The molecule has 1 heterocycles. The molecule has 0 bridgehead atoms. The SMILES string of the molecule is COc1c(C(C)(C)O)ccc2c1OCCO2. The van der Waals surface area contributed by atoms with Gasteiger partial charge in [-0.1, -0.05) is 0 Å². The molecule has 4 nitrogen and oxygen atoms in total. The van der Waals surface area contributed by atoms with Crippen LogP contribution in [0, 0.1) is 0 Å². The summed E-state index contributed by atoms with van der Waals surface area (Å²) in [5, 5.41) is 10.0. The lowest BCUT2D eigenvalue weighted by Crippen LogP contribution is -2.20. The van der Waals surface area contributed by atoms with E-state index in [0.29, 0.717) is 36.0 Å². The van der Waals surface area contributed by atoms with Gasteiger partial charge in [0.1, 0.15) is 13.2 Å². The molecule has 0 saturated heterocycles. The average Bonchev–Trinajstić information content (AvgIpc) is 2.26. The van der Waals surface area contributed by atoms with Crippen LogP contribution in [-0.2, 0) is 5.60 Å². The highest BCUT2D eigenvalue weighted by Crippen LogP contribution is 2.44. The Morgan fingerprint density at radius 2 is 1.94 bits per heavy atom. The molecule has 88 valence electrons. The number of rotatable bonds is 2. The fraction of sp³-hybridized carbons (Fsp3) is 0.500. The van der Waals surface area contributed by atoms with E-state index in [0.717, 1.165) is 0 Å². The number of hydrogen-bond acceptors (Lipinski definition) is 4. The van der Waals surface area contributed by atoms with Gasteiger partial charge < -0.3 is 19.3 Å². The van der Waals surface area contributed by atoms with Crippen molar-refractivity contribution in [1.29, 1.82) is 0 Å². The van der Waals surface area contributed by atoms with Crippen LogP contribution in [0.4, 0.5) is 0 Å². The van der Waals surface area contributed by atoms with Gasteiger partial charge in [-0.2, -0.15) is 0 Å². The highest BCUT2D eigenvalue weighted by atomic mass is 16.6. The molecule has 0 amide bonds. The van der Waals surface area contributed by atoms with Crippen molar-refractivity contribution in [2.24, 2.45) is 0 Å². The number of ether oxygens (including phenoxy) is 3. The number of methoxy groups -OCH3 is 1. The topological polar surface area (TPSA) is 47.9 Å². The van der Waals surface area contributed by atoms with Crippen molar-refractivity contribution in [3.63, 3.8) is 0 Å². The van der Waals surface area contributed by atoms with E-state index in [2.05, 4.69) is 0 Å². The molecule has 0 unspecified atom stereocenters. The molecule has 0 spiro atoms. The number of aliphatic hydroxyl groups is 1. The van der Waals surface area contributed by atoms with Crippen LogP contribution in [0.1, 0.15) is 19.4 Å². The van der Waals surface area contributed by atoms with Gasteiger partial charge in [-0.3, -0.25) is 0 Å². The van der Waals surface area contributed by atoms with Crippen molar-refractivity contribution in [1.82, 2.24) is 0 Å². The van der Waals surface area contributed by atoms with E-state index in [4.69, 9.17) is 14.2 Å². The summed E-state index contributed by atoms with van der Waals surface area (Å²) in [6.45, 7) is 4.46. The maximum absolute atomic E-state index is 10.0. The van der Waals surface area contributed by atoms with Crippen LogP contribution in [0.15, 0.2) is 12.1 Å². The van der Waals surface area contributed by atoms with Crippen molar-refractivity contribution in [2.45, 2.75) is 19.4 Å². The zero-order valence-corrected chi connectivity index (χ0v) is 9.74. The van der Waals surface area contributed by atoms with Gasteiger partial charge in [0.25, 0.3) is 0 Å². The highest BCUT2D eigenvalue weighted by molar-refractivity contribution is 5.57. The summed E-state index contributed by atoms with van der Waals surface area (Å²) >= 11 is 0. The number of hydrogen-bond donors (Lipinski definition) is 1. The summed E-state index contributed by atoms with van der Waals surface area (Å²) in [5.41, 5.74) is -0.277. The van der Waals surface area contributed by atoms with E-state index >= 15 is 0 Å². The zero-order chi connectivity index (χ0) is 11.8. The second-order valence-electron chi connectivity index (χ2n) is 4.23. The van der Waals surface area contributed by atoms with Crippen molar-refractivity contribution in [2.75, 3.05) is 20.3 Å². The Balaban J connectivity index is 2.56. The van der Waals surface area contributed by atoms with Crippen LogP contribution in [0.3, 0.4) is 0 Å². The van der Waals surface area contributed by atoms with Gasteiger partial charge in [0, 0.05) is 5.56 Å².